The smallest absolute Gasteiger partial charge is 0.305 e. The molecule has 1 aromatic rings. The number of aromatic nitrogens is 2. The summed E-state index contributed by atoms with van der Waals surface area (Å²) in [7, 11) is 2.87. The third-order valence-corrected chi connectivity index (χ3v) is 2.50. The van der Waals surface area contributed by atoms with E-state index in [1.807, 2.05) is 0 Å². The molecule has 1 amide bonds. The quantitative estimate of drug-likeness (QED) is 0.729. The zero-order chi connectivity index (χ0) is 15.2. The Morgan fingerprint density at radius 2 is 2.05 bits per heavy atom. The summed E-state index contributed by atoms with van der Waals surface area (Å²) in [5.41, 5.74) is -0.960. The molecule has 1 rings (SSSR count). The molecule has 0 spiro atoms. The first-order valence-electron chi connectivity index (χ1n) is 5.81. The fourth-order valence-corrected chi connectivity index (χ4v) is 1.67. The van der Waals surface area contributed by atoms with Crippen molar-refractivity contribution < 1.29 is 24.2 Å². The van der Waals surface area contributed by atoms with Crippen molar-refractivity contribution >= 4 is 11.9 Å². The van der Waals surface area contributed by atoms with Gasteiger partial charge in [-0.2, -0.15) is 0 Å². The molecule has 8 heteroatoms. The second kappa shape index (κ2) is 6.80. The minimum atomic E-state index is -1.04. The Bertz CT molecular complexity index is 476. The molecule has 1 unspecified atom stereocenters. The van der Waals surface area contributed by atoms with Gasteiger partial charge < -0.3 is 19.9 Å². The number of carbonyl (C=O) groups is 2. The van der Waals surface area contributed by atoms with Gasteiger partial charge in [0, 0.05) is 13.2 Å². The molecule has 1 heterocycles. The van der Waals surface area contributed by atoms with E-state index < -0.39 is 17.4 Å². The summed E-state index contributed by atoms with van der Waals surface area (Å²) in [4.78, 5) is 22.9. The maximum absolute atomic E-state index is 12.0. The fourth-order valence-electron chi connectivity index (χ4n) is 1.67. The van der Waals surface area contributed by atoms with E-state index >= 15 is 0 Å². The van der Waals surface area contributed by atoms with Crippen molar-refractivity contribution in [1.82, 2.24) is 15.5 Å². The number of amides is 1. The van der Waals surface area contributed by atoms with Gasteiger partial charge in [-0.3, -0.25) is 9.59 Å². The summed E-state index contributed by atoms with van der Waals surface area (Å²) in [6.07, 6.45) is -0.268. The predicted molar refractivity (Wildman–Crippen MR) is 68.6 cm³/mol. The lowest BCUT2D eigenvalue weighted by molar-refractivity contribution is -0.139. The van der Waals surface area contributed by atoms with Gasteiger partial charge in [-0.1, -0.05) is 0 Å². The molecule has 0 bridgehead atoms. The number of carbonyl (C=O) groups excluding carboxylic acids is 1. The lowest BCUT2D eigenvalue weighted by Gasteiger charge is -2.28. The maximum Gasteiger partial charge on any atom is 0.305 e. The van der Waals surface area contributed by atoms with E-state index in [1.165, 1.54) is 26.4 Å². The Hall–Kier alpha value is -2.22. The second-order valence-corrected chi connectivity index (χ2v) is 4.48. The molecule has 1 atom stereocenters. The number of aliphatic carboxylic acids is 1. The first-order chi connectivity index (χ1) is 9.40. The molecule has 0 radical (unpaired) electrons. The zero-order valence-electron chi connectivity index (χ0n) is 11.5. The molecular weight excluding hydrogens is 266 g/mol. The average Bonchev–Trinajstić information content (AvgIpc) is 2.37. The Morgan fingerprint density at radius 1 is 1.35 bits per heavy atom. The molecule has 0 aliphatic heterocycles. The molecule has 2 N–H and O–H groups in total. The van der Waals surface area contributed by atoms with E-state index in [0.717, 1.165) is 0 Å². The van der Waals surface area contributed by atoms with Crippen LogP contribution >= 0.6 is 0 Å². The highest BCUT2D eigenvalue weighted by molar-refractivity contribution is 5.93. The van der Waals surface area contributed by atoms with Crippen LogP contribution in [0.25, 0.3) is 0 Å². The normalized spacial score (nSPS) is 13.3. The zero-order valence-corrected chi connectivity index (χ0v) is 11.5. The van der Waals surface area contributed by atoms with Gasteiger partial charge in [0.15, 0.2) is 5.69 Å². The van der Waals surface area contributed by atoms with Crippen molar-refractivity contribution in [2.24, 2.45) is 0 Å². The summed E-state index contributed by atoms with van der Waals surface area (Å²) in [6.45, 7) is 1.65. The van der Waals surface area contributed by atoms with Gasteiger partial charge in [-0.25, -0.2) is 0 Å². The van der Waals surface area contributed by atoms with E-state index in [0.29, 0.717) is 0 Å². The van der Waals surface area contributed by atoms with Gasteiger partial charge in [0.1, 0.15) is 0 Å². The summed E-state index contributed by atoms with van der Waals surface area (Å²) < 4.78 is 9.79. The molecule has 0 saturated heterocycles. The van der Waals surface area contributed by atoms with Gasteiger partial charge in [0.2, 0.25) is 5.88 Å². The highest BCUT2D eigenvalue weighted by atomic mass is 16.5. The number of hydrogen-bond donors (Lipinski definition) is 2. The van der Waals surface area contributed by atoms with Crippen LogP contribution in [0.15, 0.2) is 12.1 Å². The monoisotopic (exact) mass is 283 g/mol. The summed E-state index contributed by atoms with van der Waals surface area (Å²) >= 11 is 0. The molecule has 110 valence electrons. The van der Waals surface area contributed by atoms with Crippen LogP contribution in [0.5, 0.6) is 5.88 Å². The van der Waals surface area contributed by atoms with Gasteiger partial charge in [0.05, 0.1) is 25.7 Å². The number of ether oxygens (including phenoxy) is 2. The minimum absolute atomic E-state index is 0.0641. The van der Waals surface area contributed by atoms with Crippen LogP contribution in [-0.2, 0) is 9.53 Å². The van der Waals surface area contributed by atoms with E-state index in [1.54, 1.807) is 6.92 Å². The van der Waals surface area contributed by atoms with E-state index in [9.17, 15) is 9.59 Å². The van der Waals surface area contributed by atoms with Crippen LogP contribution in [-0.4, -0.2) is 53.5 Å². The van der Waals surface area contributed by atoms with Gasteiger partial charge in [0.25, 0.3) is 5.91 Å². The number of nitrogens with zero attached hydrogens (tertiary/aromatic N) is 2. The Kier molecular flexibility index (Phi) is 5.39. The van der Waals surface area contributed by atoms with Crippen molar-refractivity contribution in [3.63, 3.8) is 0 Å². The lowest BCUT2D eigenvalue weighted by Crippen LogP contribution is -2.51. The van der Waals surface area contributed by atoms with E-state index in [-0.39, 0.29) is 24.6 Å². The molecular formula is C12H17N3O5. The van der Waals surface area contributed by atoms with Crippen LogP contribution in [0, 0.1) is 0 Å². The fraction of sp³-hybridized carbons (Fsp3) is 0.500. The number of nitrogens with one attached hydrogen (secondary N) is 1. The van der Waals surface area contributed by atoms with Crippen molar-refractivity contribution in [2.45, 2.75) is 18.9 Å². The predicted octanol–water partition coefficient (Wildman–Crippen LogP) is 0.0948. The van der Waals surface area contributed by atoms with E-state index in [4.69, 9.17) is 14.6 Å². The summed E-state index contributed by atoms with van der Waals surface area (Å²) in [6, 6.07) is 2.93. The number of methoxy groups -OCH3 is 2. The molecule has 20 heavy (non-hydrogen) atoms. The van der Waals surface area contributed by atoms with Crippen molar-refractivity contribution in [2.75, 3.05) is 20.8 Å². The van der Waals surface area contributed by atoms with Gasteiger partial charge in [-0.05, 0) is 13.0 Å². The maximum atomic E-state index is 12.0. The van der Waals surface area contributed by atoms with Gasteiger partial charge in [-0.15, -0.1) is 10.2 Å². The number of carboxylic acid groups (broad SMARTS) is 1. The molecule has 8 nitrogen and oxygen atoms in total. The molecule has 0 aliphatic rings. The first-order valence-corrected chi connectivity index (χ1v) is 5.81. The Balaban J connectivity index is 2.81. The topological polar surface area (TPSA) is 111 Å². The summed E-state index contributed by atoms with van der Waals surface area (Å²) in [5.74, 6) is -1.28. The number of rotatable bonds is 7. The minimum Gasteiger partial charge on any atom is -0.481 e. The van der Waals surface area contributed by atoms with Crippen LogP contribution in [0.2, 0.25) is 0 Å². The SMILES string of the molecule is COCC(C)(CC(=O)O)NC(=O)c1ccc(OC)nn1. The van der Waals surface area contributed by atoms with E-state index in [2.05, 4.69) is 15.5 Å². The van der Waals surface area contributed by atoms with Gasteiger partial charge >= 0.3 is 5.97 Å². The average molecular weight is 283 g/mol. The first kappa shape index (κ1) is 15.8. The highest BCUT2D eigenvalue weighted by Crippen LogP contribution is 2.12. The highest BCUT2D eigenvalue weighted by Gasteiger charge is 2.30. The summed E-state index contributed by atoms with van der Waals surface area (Å²) in [5, 5.41) is 18.8. The molecule has 0 aromatic carbocycles. The standard InChI is InChI=1S/C12H17N3O5/c1-12(7-19-2,6-10(16)17)13-11(18)8-4-5-9(20-3)15-14-8/h4-5H,6-7H2,1-3H3,(H,13,18)(H,16,17). The van der Waals surface area contributed by atoms with Crippen molar-refractivity contribution in [3.8, 4) is 5.88 Å². The Labute approximate surface area is 116 Å². The van der Waals surface area contributed by atoms with Crippen molar-refractivity contribution in [3.05, 3.63) is 17.8 Å². The van der Waals surface area contributed by atoms with Crippen LogP contribution in [0.3, 0.4) is 0 Å². The van der Waals surface area contributed by atoms with Crippen molar-refractivity contribution in [1.29, 1.82) is 0 Å². The largest absolute Gasteiger partial charge is 0.481 e. The number of carboxylic acids is 1. The molecule has 1 aromatic heterocycles. The second-order valence-electron chi connectivity index (χ2n) is 4.48. The third-order valence-electron chi connectivity index (χ3n) is 2.50. The number of hydrogen-bond acceptors (Lipinski definition) is 6. The lowest BCUT2D eigenvalue weighted by atomic mass is 9.98. The molecule has 0 fully saturated rings. The molecule has 0 saturated carbocycles. The molecule has 0 aliphatic carbocycles. The third kappa shape index (κ3) is 4.47. The van der Waals surface area contributed by atoms with Crippen LogP contribution in [0.4, 0.5) is 0 Å². The Morgan fingerprint density at radius 3 is 2.50 bits per heavy atom. The van der Waals surface area contributed by atoms with Crippen LogP contribution in [0.1, 0.15) is 23.8 Å². The van der Waals surface area contributed by atoms with Crippen LogP contribution < -0.4 is 10.1 Å².